The van der Waals surface area contributed by atoms with Crippen LogP contribution in [0.3, 0.4) is 0 Å². The zero-order valence-corrected chi connectivity index (χ0v) is 48.4. The Morgan fingerprint density at radius 2 is 0.975 bits per heavy atom. The molecule has 81 heavy (non-hydrogen) atoms. The van der Waals surface area contributed by atoms with Gasteiger partial charge in [-0.15, -0.1) is 0 Å². The van der Waals surface area contributed by atoms with Crippen molar-refractivity contribution >= 4 is 100 Å². The lowest BCUT2D eigenvalue weighted by molar-refractivity contribution is -0.142. The summed E-state index contributed by atoms with van der Waals surface area (Å²) in [5.41, 5.74) is 4.99. The van der Waals surface area contributed by atoms with E-state index in [1.54, 1.807) is 58.3 Å². The van der Waals surface area contributed by atoms with Crippen molar-refractivity contribution in [1.29, 1.82) is 0 Å². The highest BCUT2D eigenvalue weighted by molar-refractivity contribution is 7.90. The first kappa shape index (κ1) is 62.6. The highest BCUT2D eigenvalue weighted by Gasteiger charge is 2.38. The van der Waals surface area contributed by atoms with Crippen LogP contribution in [-0.4, -0.2) is 150 Å². The third kappa shape index (κ3) is 17.5. The van der Waals surface area contributed by atoms with Crippen LogP contribution in [0.2, 0.25) is 10.0 Å². The summed E-state index contributed by atoms with van der Waals surface area (Å²) in [6, 6.07) is 19.1. The Morgan fingerprint density at radius 1 is 0.593 bits per heavy atom. The number of fused-ring (bicyclic) bond motifs is 2. The maximum absolute atomic E-state index is 13.5. The number of hydrogen-bond donors (Lipinski definition) is 5. The Hall–Kier alpha value is -7.58. The maximum atomic E-state index is 13.5. The van der Waals surface area contributed by atoms with Gasteiger partial charge in [-0.2, -0.15) is 0 Å². The topological polar surface area (TPSA) is 329 Å². The minimum atomic E-state index is -3.27. The lowest BCUT2D eigenvalue weighted by Crippen LogP contribution is -2.56. The first-order valence-corrected chi connectivity index (χ1v) is 30.0. The van der Waals surface area contributed by atoms with Crippen molar-refractivity contribution in [2.45, 2.75) is 53.9 Å². The molecule has 432 valence electrons. The van der Waals surface area contributed by atoms with E-state index in [1.807, 2.05) is 27.7 Å². The number of benzene rings is 2. The summed E-state index contributed by atoms with van der Waals surface area (Å²) in [5, 5.41) is 18.9. The number of carbonyl (C=O) groups excluding carboxylic acids is 5. The highest BCUT2D eigenvalue weighted by atomic mass is 35.5. The molecule has 2 aliphatic heterocycles. The summed E-state index contributed by atoms with van der Waals surface area (Å²) < 4.78 is 45.3. The molecule has 0 radical (unpaired) electrons. The van der Waals surface area contributed by atoms with Gasteiger partial charge in [-0.25, -0.2) is 31.6 Å². The Labute approximate surface area is 476 Å². The molecule has 6 aromatic rings. The fraction of sp³-hybridized carbons (Fsp3) is 0.370. The fourth-order valence-corrected chi connectivity index (χ4v) is 9.77. The van der Waals surface area contributed by atoms with E-state index in [-0.39, 0.29) is 112 Å². The standard InChI is InChI=1S/C27H30ClN5O6S.C24H23ClN4O5.C3H9NO2S/c1-27(2)15-32(16-27)22(34)14-33-23-18(10-19(13-30-23)24(35)29-8-9-40(3,38)39)11-21(26(33)37)25(36)31-12-17-4-6-20(28)7-5-17;1-24(2)12-28(13-24)19(30)11-29-20-15(7-16(10-26-20)23(33)34)8-18(22(29)32)21(31)27-9-14-3-5-17(25)6-4-14;1-7(5,6)3-2-4/h4-7,10-11,13H,8-9,12,14-16H2,1-3H3,(H,29,35)(H,31,36);3-8,10H,9,11-13H2,1-2H3,(H,27,31)(H,33,34);2-4H2,1H3. The molecular weight excluding hydrogens is 1130 g/mol. The zero-order chi connectivity index (χ0) is 59.8. The van der Waals surface area contributed by atoms with Crippen molar-refractivity contribution < 1.29 is 50.7 Å². The number of likely N-dealkylation sites (tertiary alicyclic amines) is 2. The number of carboxylic acids is 1. The number of hydrogen-bond acceptors (Lipinski definition) is 15. The van der Waals surface area contributed by atoms with Crippen LogP contribution in [0.25, 0.3) is 22.1 Å². The number of carboxylic acid groups (broad SMARTS) is 1. The molecule has 8 rings (SSSR count). The molecule has 6 N–H and O–H groups in total. The molecule has 2 saturated heterocycles. The number of sulfone groups is 2. The normalized spacial score (nSPS) is 14.2. The first-order valence-electron chi connectivity index (χ1n) is 25.1. The molecule has 0 spiro atoms. The van der Waals surface area contributed by atoms with Crippen LogP contribution in [0.4, 0.5) is 0 Å². The molecule has 0 aliphatic carbocycles. The summed E-state index contributed by atoms with van der Waals surface area (Å²) in [6.45, 7) is 10.2. The van der Waals surface area contributed by atoms with Gasteiger partial charge >= 0.3 is 5.97 Å². The van der Waals surface area contributed by atoms with Gasteiger partial charge in [0.15, 0.2) is 0 Å². The lowest BCUT2D eigenvalue weighted by Gasteiger charge is -2.45. The van der Waals surface area contributed by atoms with E-state index in [2.05, 4.69) is 25.9 Å². The van der Waals surface area contributed by atoms with Gasteiger partial charge in [0.25, 0.3) is 28.8 Å². The van der Waals surface area contributed by atoms with E-state index in [1.165, 1.54) is 36.7 Å². The molecule has 0 bridgehead atoms. The Bertz CT molecular complexity index is 3760. The second-order valence-electron chi connectivity index (χ2n) is 21.2. The Morgan fingerprint density at radius 3 is 1.32 bits per heavy atom. The van der Waals surface area contributed by atoms with E-state index in [0.717, 1.165) is 32.7 Å². The van der Waals surface area contributed by atoms with Gasteiger partial charge < -0.3 is 36.6 Å². The van der Waals surface area contributed by atoms with Crippen molar-refractivity contribution in [2.75, 3.05) is 63.3 Å². The zero-order valence-electron chi connectivity index (χ0n) is 45.2. The molecule has 27 heteroatoms. The van der Waals surface area contributed by atoms with Crippen molar-refractivity contribution in [3.8, 4) is 0 Å². The Kier molecular flexibility index (Phi) is 20.0. The molecular formula is C54H62Cl2N10O13S2. The van der Waals surface area contributed by atoms with Crippen LogP contribution in [0.5, 0.6) is 0 Å². The molecule has 2 aromatic carbocycles. The van der Waals surface area contributed by atoms with Gasteiger partial charge in [0, 0.05) is 98.1 Å². The summed E-state index contributed by atoms with van der Waals surface area (Å²) in [4.78, 5) is 114. The van der Waals surface area contributed by atoms with Crippen LogP contribution in [0, 0.1) is 10.8 Å². The quantitative estimate of drug-likeness (QED) is 0.0876. The second-order valence-corrected chi connectivity index (χ2v) is 26.6. The third-order valence-electron chi connectivity index (χ3n) is 12.6. The molecule has 6 heterocycles. The van der Waals surface area contributed by atoms with E-state index in [9.17, 15) is 60.3 Å². The summed E-state index contributed by atoms with van der Waals surface area (Å²) in [7, 11) is -6.07. The number of pyridine rings is 4. The van der Waals surface area contributed by atoms with Crippen molar-refractivity contribution in [1.82, 2.24) is 44.9 Å². The van der Waals surface area contributed by atoms with Crippen LogP contribution in [0.15, 0.2) is 94.8 Å². The van der Waals surface area contributed by atoms with Gasteiger partial charge in [0.05, 0.1) is 22.6 Å². The molecule has 0 unspecified atom stereocenters. The number of halogens is 2. The van der Waals surface area contributed by atoms with Gasteiger partial charge in [0.1, 0.15) is 55.2 Å². The SMILES string of the molecule is CC1(C)CN(C(=O)Cn2c(=O)c(C(=O)NCc3ccc(Cl)cc3)cc3cc(C(=O)NCCS(C)(=O)=O)cnc32)C1.CC1(C)CN(C(=O)Cn2c(=O)c(C(=O)NCc3ccc(Cl)cc3)cc3cc(C(=O)O)cnc32)C1.CS(=O)(=O)CCN. The van der Waals surface area contributed by atoms with Crippen LogP contribution in [0.1, 0.15) is 80.3 Å². The highest BCUT2D eigenvalue weighted by Crippen LogP contribution is 2.30. The summed E-state index contributed by atoms with van der Waals surface area (Å²) >= 11 is 11.8. The number of nitrogens with two attached hydrogens (primary N) is 1. The molecule has 5 amide bonds. The van der Waals surface area contributed by atoms with Gasteiger partial charge in [-0.05, 0) is 70.5 Å². The minimum absolute atomic E-state index is 0.0102. The number of rotatable bonds is 17. The van der Waals surface area contributed by atoms with Crippen molar-refractivity contribution in [2.24, 2.45) is 16.6 Å². The predicted octanol–water partition coefficient (Wildman–Crippen LogP) is 3.16. The van der Waals surface area contributed by atoms with E-state index in [4.69, 9.17) is 28.9 Å². The average Bonchev–Trinajstić information content (AvgIpc) is 3.47. The molecule has 2 fully saturated rings. The van der Waals surface area contributed by atoms with Crippen LogP contribution >= 0.6 is 23.2 Å². The Balaban J connectivity index is 0.000000236. The van der Waals surface area contributed by atoms with Gasteiger partial charge in [-0.3, -0.25) is 42.7 Å². The lowest BCUT2D eigenvalue weighted by atomic mass is 9.84. The number of nitrogens with zero attached hydrogens (tertiary/aromatic N) is 6. The molecule has 23 nitrogen and oxygen atoms in total. The molecule has 0 atom stereocenters. The monoisotopic (exact) mass is 1190 g/mol. The number of aromatic nitrogens is 4. The predicted molar refractivity (Wildman–Crippen MR) is 306 cm³/mol. The van der Waals surface area contributed by atoms with E-state index < -0.39 is 54.5 Å². The molecule has 0 saturated carbocycles. The molecule has 2 aliphatic rings. The maximum Gasteiger partial charge on any atom is 0.337 e. The average molecular weight is 1190 g/mol. The van der Waals surface area contributed by atoms with Crippen molar-refractivity contribution in [3.63, 3.8) is 0 Å². The number of carbonyl (C=O) groups is 6. The summed E-state index contributed by atoms with van der Waals surface area (Å²) in [5.74, 6) is -3.76. The largest absolute Gasteiger partial charge is 0.478 e. The number of amides is 5. The third-order valence-corrected chi connectivity index (χ3v) is 15.0. The van der Waals surface area contributed by atoms with Crippen LogP contribution < -0.4 is 32.8 Å². The fourth-order valence-electron chi connectivity index (χ4n) is 8.61. The van der Waals surface area contributed by atoms with E-state index >= 15 is 0 Å². The van der Waals surface area contributed by atoms with E-state index in [0.29, 0.717) is 41.6 Å². The first-order chi connectivity index (χ1) is 37.8. The molecule has 4 aromatic heterocycles. The van der Waals surface area contributed by atoms with Crippen LogP contribution in [-0.2, 0) is 55.4 Å². The minimum Gasteiger partial charge on any atom is -0.478 e. The smallest absolute Gasteiger partial charge is 0.337 e. The van der Waals surface area contributed by atoms with Gasteiger partial charge in [0.2, 0.25) is 11.8 Å². The summed E-state index contributed by atoms with van der Waals surface area (Å²) in [6.07, 6.45) is 4.60. The van der Waals surface area contributed by atoms with Crippen molar-refractivity contribution in [3.05, 3.63) is 149 Å². The van der Waals surface area contributed by atoms with Gasteiger partial charge in [-0.1, -0.05) is 75.2 Å². The number of nitrogens with one attached hydrogen (secondary N) is 3. The second kappa shape index (κ2) is 25.9. The number of aromatic carboxylic acids is 1.